The Morgan fingerprint density at radius 2 is 2.06 bits per heavy atom. The average Bonchev–Trinajstić information content (AvgIpc) is 2.37. The van der Waals surface area contributed by atoms with Crippen LogP contribution in [-0.2, 0) is 0 Å². The Balaban J connectivity index is 2.50. The van der Waals surface area contributed by atoms with Gasteiger partial charge in [0.15, 0.2) is 0 Å². The van der Waals surface area contributed by atoms with Crippen molar-refractivity contribution in [2.45, 2.75) is 25.4 Å². The van der Waals surface area contributed by atoms with E-state index in [-0.39, 0.29) is 0 Å². The zero-order valence-electron chi connectivity index (χ0n) is 14.2. The molecule has 1 aromatic carbocycles. The molecule has 0 saturated heterocycles. The summed E-state index contributed by atoms with van der Waals surface area (Å²) in [5.74, 6) is -0.821. The summed E-state index contributed by atoms with van der Waals surface area (Å²) in [5, 5.41) is 0. The fraction of sp³-hybridized carbons (Fsp3) is 0.267. The standard InChI is InChI=1S/C15H19GeN/c1-11(2)13-9-15(17-10-14(13)16-3)12-7-5-4-6-8-12/h4-11H,16H2,1-3H3/i3D3,11D. The first-order valence-electron chi connectivity index (χ1n) is 7.72. The molecule has 0 bridgehead atoms. The van der Waals surface area contributed by atoms with Gasteiger partial charge in [0.1, 0.15) is 0 Å². The number of benzene rings is 1. The quantitative estimate of drug-likeness (QED) is 0.792. The van der Waals surface area contributed by atoms with Crippen LogP contribution < -0.4 is 4.40 Å². The molecule has 0 spiro atoms. The van der Waals surface area contributed by atoms with E-state index in [9.17, 15) is 0 Å². The second-order valence-corrected chi connectivity index (χ2v) is 6.61. The first-order chi connectivity index (χ1) is 9.67. The maximum atomic E-state index is 8.30. The Morgan fingerprint density at radius 1 is 1.29 bits per heavy atom. The SMILES string of the molecule is [2H][C]([2H])([2H])[GeH2][c]1cnc(-c2ccccc2)cc1C([2H])(C)C. The molecule has 0 amide bonds. The van der Waals surface area contributed by atoms with Crippen LogP contribution in [0.25, 0.3) is 11.3 Å². The van der Waals surface area contributed by atoms with Crippen LogP contribution in [0.4, 0.5) is 0 Å². The molecule has 0 aliphatic heterocycles. The summed E-state index contributed by atoms with van der Waals surface area (Å²) in [6, 6.07) is 11.6. The topological polar surface area (TPSA) is 12.9 Å². The van der Waals surface area contributed by atoms with Crippen LogP contribution in [0, 0.1) is 0 Å². The van der Waals surface area contributed by atoms with E-state index in [0.717, 1.165) is 21.2 Å². The van der Waals surface area contributed by atoms with E-state index in [0.29, 0.717) is 0 Å². The molecular weight excluding hydrogens is 267 g/mol. The van der Waals surface area contributed by atoms with Crippen LogP contribution in [0.3, 0.4) is 0 Å². The van der Waals surface area contributed by atoms with Gasteiger partial charge in [0.05, 0.1) is 0 Å². The zero-order chi connectivity index (χ0) is 15.7. The number of rotatable bonds is 3. The van der Waals surface area contributed by atoms with E-state index in [1.165, 1.54) is 0 Å². The van der Waals surface area contributed by atoms with Gasteiger partial charge in [-0.1, -0.05) is 0 Å². The predicted molar refractivity (Wildman–Crippen MR) is 77.8 cm³/mol. The van der Waals surface area contributed by atoms with E-state index in [4.69, 9.17) is 5.48 Å². The number of pyridine rings is 1. The third kappa shape index (κ3) is 2.78. The molecule has 1 heterocycles. The molecule has 0 N–H and O–H groups in total. The van der Waals surface area contributed by atoms with E-state index >= 15 is 0 Å². The molecule has 2 aromatic rings. The number of aromatic nitrogens is 1. The van der Waals surface area contributed by atoms with Gasteiger partial charge in [-0.15, -0.1) is 0 Å². The normalized spacial score (nSPS) is 16.4. The number of hydrogen-bond acceptors (Lipinski definition) is 1. The van der Waals surface area contributed by atoms with Crippen molar-refractivity contribution in [2.75, 3.05) is 0 Å². The minimum absolute atomic E-state index is 0.794. The molecule has 0 unspecified atom stereocenters. The number of nitrogens with zero attached hydrogens (tertiary/aromatic N) is 1. The van der Waals surface area contributed by atoms with Crippen LogP contribution >= 0.6 is 0 Å². The summed E-state index contributed by atoms with van der Waals surface area (Å²) in [6.45, 7) is 3.59. The average molecular weight is 290 g/mol. The molecule has 0 aliphatic carbocycles. The van der Waals surface area contributed by atoms with Crippen molar-refractivity contribution in [1.29, 1.82) is 0 Å². The van der Waals surface area contributed by atoms with Gasteiger partial charge >= 0.3 is 115 Å². The molecule has 2 rings (SSSR count). The van der Waals surface area contributed by atoms with Crippen molar-refractivity contribution in [3.05, 3.63) is 48.2 Å². The first-order valence-corrected chi connectivity index (χ1v) is 8.68. The predicted octanol–water partition coefficient (Wildman–Crippen LogP) is 2.71. The summed E-state index contributed by atoms with van der Waals surface area (Å²) in [6.07, 6.45) is 1.68. The van der Waals surface area contributed by atoms with Gasteiger partial charge in [-0.3, -0.25) is 0 Å². The molecule has 0 atom stereocenters. The van der Waals surface area contributed by atoms with E-state index in [1.54, 1.807) is 20.0 Å². The Labute approximate surface area is 115 Å². The van der Waals surface area contributed by atoms with Crippen LogP contribution in [0.2, 0.25) is 5.68 Å². The summed E-state index contributed by atoms with van der Waals surface area (Å²) in [5.41, 5.74) is 0.703. The van der Waals surface area contributed by atoms with Gasteiger partial charge in [0, 0.05) is 0 Å². The second kappa shape index (κ2) is 5.50. The van der Waals surface area contributed by atoms with Crippen LogP contribution in [0.15, 0.2) is 42.6 Å². The van der Waals surface area contributed by atoms with E-state index < -0.39 is 27.0 Å². The molecule has 1 nitrogen and oxygen atoms in total. The zero-order valence-corrected chi connectivity index (χ0v) is 13.2. The third-order valence-corrected chi connectivity index (χ3v) is 4.77. The minimum atomic E-state index is -1.95. The van der Waals surface area contributed by atoms with Gasteiger partial charge in [-0.05, 0) is 0 Å². The van der Waals surface area contributed by atoms with Crippen molar-refractivity contribution in [3.8, 4) is 11.3 Å². The van der Waals surface area contributed by atoms with E-state index in [2.05, 4.69) is 4.98 Å². The molecule has 2 heteroatoms. The monoisotopic (exact) mass is 291 g/mol. The Hall–Kier alpha value is -1.09. The van der Waals surface area contributed by atoms with Gasteiger partial charge in [0.25, 0.3) is 0 Å². The van der Waals surface area contributed by atoms with Crippen molar-refractivity contribution >= 4 is 19.8 Å². The summed E-state index contributed by atoms with van der Waals surface area (Å²) in [4.78, 5) is 4.42. The molecule has 0 aliphatic rings. The number of hydrogen-bond donors (Lipinski definition) is 0. The molecular formula is C15H19GeN. The van der Waals surface area contributed by atoms with Crippen LogP contribution in [0.1, 0.15) is 30.8 Å². The molecule has 0 radical (unpaired) electrons. The summed E-state index contributed by atoms with van der Waals surface area (Å²) >= 11 is -1.95. The Kier molecular flexibility index (Phi) is 2.62. The molecule has 17 heavy (non-hydrogen) atoms. The van der Waals surface area contributed by atoms with Gasteiger partial charge in [-0.2, -0.15) is 0 Å². The van der Waals surface area contributed by atoms with Crippen molar-refractivity contribution in [2.24, 2.45) is 0 Å². The molecule has 88 valence electrons. The Bertz CT molecular complexity index is 618. The maximum absolute atomic E-state index is 8.30. The fourth-order valence-corrected chi connectivity index (χ4v) is 3.60. The van der Waals surface area contributed by atoms with E-state index in [1.807, 2.05) is 36.4 Å². The molecule has 0 fully saturated rings. The van der Waals surface area contributed by atoms with Crippen molar-refractivity contribution < 1.29 is 5.48 Å². The van der Waals surface area contributed by atoms with Gasteiger partial charge < -0.3 is 0 Å². The van der Waals surface area contributed by atoms with Gasteiger partial charge in [-0.25, -0.2) is 0 Å². The third-order valence-electron chi connectivity index (χ3n) is 2.79. The Morgan fingerprint density at radius 3 is 2.71 bits per heavy atom. The molecule has 1 aromatic heterocycles. The fourth-order valence-electron chi connectivity index (χ4n) is 1.86. The second-order valence-electron chi connectivity index (χ2n) is 4.27. The van der Waals surface area contributed by atoms with Crippen LogP contribution in [0.5, 0.6) is 0 Å². The molecule has 0 saturated carbocycles. The van der Waals surface area contributed by atoms with Crippen molar-refractivity contribution in [3.63, 3.8) is 0 Å². The summed E-state index contributed by atoms with van der Waals surface area (Å²) in [7, 11) is 0. The first kappa shape index (κ1) is 8.09. The van der Waals surface area contributed by atoms with Crippen molar-refractivity contribution in [1.82, 2.24) is 4.98 Å². The van der Waals surface area contributed by atoms with Crippen LogP contribution in [-0.4, -0.2) is 20.4 Å². The summed E-state index contributed by atoms with van der Waals surface area (Å²) < 4.78 is 31.7. The van der Waals surface area contributed by atoms with Gasteiger partial charge in [0.2, 0.25) is 0 Å².